The van der Waals surface area contributed by atoms with Gasteiger partial charge in [-0.25, -0.2) is 4.79 Å². The Kier molecular flexibility index (Phi) is 6.85. The van der Waals surface area contributed by atoms with Crippen LogP contribution in [-0.4, -0.2) is 37.2 Å². The van der Waals surface area contributed by atoms with Crippen LogP contribution in [0.5, 0.6) is 0 Å². The van der Waals surface area contributed by atoms with Crippen molar-refractivity contribution in [2.75, 3.05) is 29.9 Å². The zero-order valence-electron chi connectivity index (χ0n) is 16.8. The molecule has 1 unspecified atom stereocenters. The molecule has 2 amide bonds. The normalized spacial score (nSPS) is 16.6. The number of hydrogen-bond acceptors (Lipinski definition) is 5. The van der Waals surface area contributed by atoms with Crippen molar-refractivity contribution in [1.29, 1.82) is 0 Å². The maximum absolute atomic E-state index is 12.2. The van der Waals surface area contributed by atoms with Gasteiger partial charge in [-0.15, -0.1) is 11.3 Å². The summed E-state index contributed by atoms with van der Waals surface area (Å²) in [5, 5.41) is 5.78. The molecule has 1 fully saturated rings. The van der Waals surface area contributed by atoms with Crippen LogP contribution in [0.15, 0.2) is 40.2 Å². The number of ether oxygens (including phenoxy) is 1. The summed E-state index contributed by atoms with van der Waals surface area (Å²) in [6.07, 6.45) is 0.649. The number of alkyl carbamates (subject to hydrolysis) is 1. The van der Waals surface area contributed by atoms with Gasteiger partial charge in [0.15, 0.2) is 0 Å². The fourth-order valence-corrected chi connectivity index (χ4v) is 4.44. The summed E-state index contributed by atoms with van der Waals surface area (Å²) in [4.78, 5) is 27.0. The van der Waals surface area contributed by atoms with Crippen LogP contribution in [0.1, 0.15) is 36.9 Å². The van der Waals surface area contributed by atoms with Crippen molar-refractivity contribution in [3.8, 4) is 0 Å². The van der Waals surface area contributed by atoms with Crippen molar-refractivity contribution in [3.05, 3.63) is 45.1 Å². The van der Waals surface area contributed by atoms with Crippen LogP contribution in [0.4, 0.5) is 16.2 Å². The molecule has 3 rings (SSSR count). The minimum Gasteiger partial charge on any atom is -0.444 e. The first kappa shape index (κ1) is 21.6. The molecule has 29 heavy (non-hydrogen) atoms. The number of amides is 2. The maximum Gasteiger partial charge on any atom is 0.407 e. The molecule has 1 saturated heterocycles. The zero-order valence-corrected chi connectivity index (χ0v) is 19.2. The van der Waals surface area contributed by atoms with Gasteiger partial charge in [-0.2, -0.15) is 0 Å². The van der Waals surface area contributed by atoms with Gasteiger partial charge in [-0.3, -0.25) is 4.79 Å². The lowest BCUT2D eigenvalue weighted by Gasteiger charge is -2.21. The number of carbonyl (C=O) groups excluding carboxylic acids is 2. The Hall–Kier alpha value is -2.06. The van der Waals surface area contributed by atoms with E-state index in [0.29, 0.717) is 17.3 Å². The third kappa shape index (κ3) is 6.47. The molecule has 156 valence electrons. The third-order valence-corrected chi connectivity index (χ3v) is 6.13. The van der Waals surface area contributed by atoms with Gasteiger partial charge in [0.1, 0.15) is 5.60 Å². The number of anilines is 2. The van der Waals surface area contributed by atoms with Crippen LogP contribution in [-0.2, 0) is 4.74 Å². The van der Waals surface area contributed by atoms with Gasteiger partial charge in [0.05, 0.1) is 8.66 Å². The molecule has 1 atom stereocenters. The number of benzene rings is 1. The largest absolute Gasteiger partial charge is 0.444 e. The molecule has 1 aromatic heterocycles. The number of thiophene rings is 1. The fraction of sp³-hybridized carbons (Fsp3) is 0.429. The van der Waals surface area contributed by atoms with Crippen LogP contribution in [0.3, 0.4) is 0 Å². The van der Waals surface area contributed by atoms with Gasteiger partial charge in [0, 0.05) is 31.0 Å². The highest BCUT2D eigenvalue weighted by atomic mass is 79.9. The highest BCUT2D eigenvalue weighted by molar-refractivity contribution is 9.11. The topological polar surface area (TPSA) is 70.7 Å². The van der Waals surface area contributed by atoms with E-state index in [-0.39, 0.29) is 12.0 Å². The molecule has 0 spiro atoms. The van der Waals surface area contributed by atoms with Crippen LogP contribution in [0, 0.1) is 5.92 Å². The van der Waals surface area contributed by atoms with Crippen LogP contribution in [0.25, 0.3) is 0 Å². The van der Waals surface area contributed by atoms with E-state index in [1.54, 1.807) is 6.07 Å². The number of nitrogens with zero attached hydrogens (tertiary/aromatic N) is 1. The summed E-state index contributed by atoms with van der Waals surface area (Å²) in [7, 11) is 0. The molecule has 2 N–H and O–H groups in total. The second-order valence-electron chi connectivity index (χ2n) is 8.09. The van der Waals surface area contributed by atoms with Gasteiger partial charge < -0.3 is 20.3 Å². The number of rotatable bonds is 5. The van der Waals surface area contributed by atoms with E-state index in [2.05, 4.69) is 31.5 Å². The maximum atomic E-state index is 12.2. The molecule has 1 aliphatic rings. The van der Waals surface area contributed by atoms with E-state index in [1.165, 1.54) is 11.3 Å². The number of halogens is 1. The number of nitrogens with one attached hydrogen (secondary N) is 2. The van der Waals surface area contributed by atoms with Crippen molar-refractivity contribution in [1.82, 2.24) is 5.32 Å². The third-order valence-electron chi connectivity index (χ3n) is 4.51. The standard InChI is InChI=1S/C21H26BrN3O3S/c1-21(2,3)28-20(27)23-12-14-10-11-25(13-14)16-6-4-15(5-7-16)24-19(26)17-8-9-18(22)29-17/h4-9,14H,10-13H2,1-3H3,(H,23,27)(H,24,26). The van der Waals surface area contributed by atoms with Gasteiger partial charge in [0.2, 0.25) is 0 Å². The lowest BCUT2D eigenvalue weighted by Crippen LogP contribution is -2.36. The first-order chi connectivity index (χ1) is 13.7. The number of hydrogen-bond donors (Lipinski definition) is 2. The Bertz CT molecular complexity index is 861. The van der Waals surface area contributed by atoms with Crippen LogP contribution >= 0.6 is 27.3 Å². The van der Waals surface area contributed by atoms with E-state index in [0.717, 1.165) is 34.7 Å². The predicted molar refractivity (Wildman–Crippen MR) is 121 cm³/mol. The van der Waals surface area contributed by atoms with Crippen molar-refractivity contribution in [2.24, 2.45) is 5.92 Å². The molecular formula is C21H26BrN3O3S. The summed E-state index contributed by atoms with van der Waals surface area (Å²) in [5.41, 5.74) is 1.40. The monoisotopic (exact) mass is 479 g/mol. The van der Waals surface area contributed by atoms with Gasteiger partial charge in [-0.1, -0.05) is 0 Å². The summed E-state index contributed by atoms with van der Waals surface area (Å²) < 4.78 is 6.22. The van der Waals surface area contributed by atoms with E-state index in [4.69, 9.17) is 4.74 Å². The molecule has 8 heteroatoms. The summed E-state index contributed by atoms with van der Waals surface area (Å²) in [6.45, 7) is 8.00. The lowest BCUT2D eigenvalue weighted by atomic mass is 10.1. The smallest absolute Gasteiger partial charge is 0.407 e. The molecule has 2 aromatic rings. The Labute approximate surface area is 183 Å². The van der Waals surface area contributed by atoms with Crippen molar-refractivity contribution < 1.29 is 14.3 Å². The van der Waals surface area contributed by atoms with Gasteiger partial charge in [0.25, 0.3) is 5.91 Å². The van der Waals surface area contributed by atoms with E-state index >= 15 is 0 Å². The molecule has 2 heterocycles. The Morgan fingerprint density at radius 1 is 1.21 bits per heavy atom. The van der Waals surface area contributed by atoms with Crippen molar-refractivity contribution >= 4 is 50.6 Å². The summed E-state index contributed by atoms with van der Waals surface area (Å²) in [6, 6.07) is 11.5. The van der Waals surface area contributed by atoms with E-state index in [1.807, 2.05) is 51.1 Å². The molecule has 0 bridgehead atoms. The van der Waals surface area contributed by atoms with Gasteiger partial charge in [-0.05, 0) is 85.4 Å². The average Bonchev–Trinajstić information content (AvgIpc) is 3.28. The van der Waals surface area contributed by atoms with E-state index < -0.39 is 5.60 Å². The van der Waals surface area contributed by atoms with Crippen LogP contribution in [0.2, 0.25) is 0 Å². The molecular weight excluding hydrogens is 454 g/mol. The lowest BCUT2D eigenvalue weighted by molar-refractivity contribution is 0.0520. The Balaban J connectivity index is 1.48. The summed E-state index contributed by atoms with van der Waals surface area (Å²) in [5.74, 6) is 0.280. The van der Waals surface area contributed by atoms with Crippen molar-refractivity contribution in [3.63, 3.8) is 0 Å². The zero-order chi connectivity index (χ0) is 21.0. The molecule has 0 aliphatic carbocycles. The van der Waals surface area contributed by atoms with Crippen LogP contribution < -0.4 is 15.5 Å². The number of carbonyl (C=O) groups is 2. The second-order valence-corrected chi connectivity index (χ2v) is 10.6. The molecule has 1 aliphatic heterocycles. The predicted octanol–water partition coefficient (Wildman–Crippen LogP) is 5.11. The molecule has 0 saturated carbocycles. The first-order valence-electron chi connectivity index (χ1n) is 9.58. The summed E-state index contributed by atoms with van der Waals surface area (Å²) >= 11 is 4.78. The van der Waals surface area contributed by atoms with Gasteiger partial charge >= 0.3 is 6.09 Å². The average molecular weight is 480 g/mol. The second kappa shape index (κ2) is 9.17. The van der Waals surface area contributed by atoms with E-state index in [9.17, 15) is 9.59 Å². The molecule has 1 aromatic carbocycles. The highest BCUT2D eigenvalue weighted by Crippen LogP contribution is 2.26. The fourth-order valence-electron chi connectivity index (χ4n) is 3.16. The quantitative estimate of drug-likeness (QED) is 0.624. The molecule has 0 radical (unpaired) electrons. The SMILES string of the molecule is CC(C)(C)OC(=O)NCC1CCN(c2ccc(NC(=O)c3ccc(Br)s3)cc2)C1. The Morgan fingerprint density at radius 3 is 2.55 bits per heavy atom. The minimum atomic E-state index is -0.483. The Morgan fingerprint density at radius 2 is 1.93 bits per heavy atom. The first-order valence-corrected chi connectivity index (χ1v) is 11.2. The van der Waals surface area contributed by atoms with Crippen molar-refractivity contribution in [2.45, 2.75) is 32.8 Å². The minimum absolute atomic E-state index is 0.108. The molecule has 6 nitrogen and oxygen atoms in total. The highest BCUT2D eigenvalue weighted by Gasteiger charge is 2.24.